The van der Waals surface area contributed by atoms with E-state index in [-0.39, 0.29) is 22.4 Å². The average molecular weight is 254 g/mol. The zero-order valence-corrected chi connectivity index (χ0v) is 10.5. The molecule has 0 N–H and O–H groups in total. The van der Waals surface area contributed by atoms with Crippen molar-refractivity contribution >= 4 is 11.9 Å². The highest BCUT2D eigenvalue weighted by atomic mass is 79.9. The maximum absolute atomic E-state index is 2.33. The molecule has 1 aliphatic rings. The van der Waals surface area contributed by atoms with Crippen LogP contribution in [0.4, 0.5) is 5.69 Å². The molecule has 0 aliphatic carbocycles. The van der Waals surface area contributed by atoms with Gasteiger partial charge in [0.15, 0.2) is 6.21 Å². The Balaban J connectivity index is 0.000000980. The number of hydrogen-bond acceptors (Lipinski definition) is 0. The van der Waals surface area contributed by atoms with Crippen molar-refractivity contribution in [3.8, 4) is 0 Å². The van der Waals surface area contributed by atoms with Gasteiger partial charge in [-0.25, -0.2) is 4.58 Å². The Kier molecular flexibility index (Phi) is 3.15. The van der Waals surface area contributed by atoms with E-state index in [2.05, 4.69) is 55.8 Å². The zero-order valence-electron chi connectivity index (χ0n) is 8.92. The molecule has 2 heteroatoms. The average Bonchev–Trinajstić information content (AvgIpc) is 2.39. The van der Waals surface area contributed by atoms with Crippen molar-refractivity contribution in [2.24, 2.45) is 0 Å². The second-order valence-electron chi connectivity index (χ2n) is 4.15. The highest BCUT2D eigenvalue weighted by Crippen LogP contribution is 2.35. The minimum Gasteiger partial charge on any atom is -1.00 e. The fourth-order valence-corrected chi connectivity index (χ4v) is 2.06. The number of para-hydroxylation sites is 1. The first-order chi connectivity index (χ1) is 6.15. The van der Waals surface area contributed by atoms with Crippen molar-refractivity contribution in [2.45, 2.75) is 26.2 Å². The molecule has 0 amide bonds. The summed E-state index contributed by atoms with van der Waals surface area (Å²) in [6.07, 6.45) is 2.32. The molecule has 1 aliphatic heterocycles. The van der Waals surface area contributed by atoms with Crippen LogP contribution in [0, 0.1) is 0 Å². The van der Waals surface area contributed by atoms with E-state index >= 15 is 0 Å². The third kappa shape index (κ3) is 1.63. The molecule has 0 atom stereocenters. The molecule has 0 bridgehead atoms. The Morgan fingerprint density at radius 1 is 1.21 bits per heavy atom. The quantitative estimate of drug-likeness (QED) is 0.606. The molecule has 0 radical (unpaired) electrons. The fraction of sp³-hybridized carbons (Fsp3) is 0.417. The summed E-state index contributed by atoms with van der Waals surface area (Å²) in [4.78, 5) is 0. The molecular formula is C12H16BrN. The van der Waals surface area contributed by atoms with E-state index in [1.165, 1.54) is 11.3 Å². The van der Waals surface area contributed by atoms with Gasteiger partial charge in [0.1, 0.15) is 6.54 Å². The predicted molar refractivity (Wildman–Crippen MR) is 56.0 cm³/mol. The molecule has 1 nitrogen and oxygen atoms in total. The number of rotatable bonds is 1. The SMILES string of the molecule is CC[N+]1=CC(C)(C)c2ccccc21.[Br-]. The molecule has 76 valence electrons. The van der Waals surface area contributed by atoms with E-state index in [4.69, 9.17) is 0 Å². The molecule has 0 unspecified atom stereocenters. The summed E-state index contributed by atoms with van der Waals surface area (Å²) in [7, 11) is 0. The van der Waals surface area contributed by atoms with E-state index in [0.29, 0.717) is 0 Å². The molecule has 0 fully saturated rings. The Labute approximate surface area is 96.2 Å². The third-order valence-electron chi connectivity index (χ3n) is 2.73. The third-order valence-corrected chi connectivity index (χ3v) is 2.73. The zero-order chi connectivity index (χ0) is 9.47. The van der Waals surface area contributed by atoms with Crippen molar-refractivity contribution in [1.29, 1.82) is 0 Å². The van der Waals surface area contributed by atoms with Gasteiger partial charge < -0.3 is 17.0 Å². The second kappa shape index (κ2) is 3.85. The van der Waals surface area contributed by atoms with Crippen molar-refractivity contribution in [2.75, 3.05) is 6.54 Å². The lowest BCUT2D eigenvalue weighted by Crippen LogP contribution is -3.00. The first kappa shape index (κ1) is 11.4. The van der Waals surface area contributed by atoms with Gasteiger partial charge in [-0.05, 0) is 20.8 Å². The second-order valence-corrected chi connectivity index (χ2v) is 4.15. The van der Waals surface area contributed by atoms with E-state index in [1.54, 1.807) is 0 Å². The highest BCUT2D eigenvalue weighted by Gasteiger charge is 2.35. The van der Waals surface area contributed by atoms with Crippen LogP contribution in [0.3, 0.4) is 0 Å². The van der Waals surface area contributed by atoms with Gasteiger partial charge in [0.05, 0.1) is 5.41 Å². The molecule has 2 rings (SSSR count). The topological polar surface area (TPSA) is 3.01 Å². The summed E-state index contributed by atoms with van der Waals surface area (Å²) in [5.74, 6) is 0. The van der Waals surface area contributed by atoms with Crippen LogP contribution < -0.4 is 17.0 Å². The van der Waals surface area contributed by atoms with E-state index in [1.807, 2.05) is 0 Å². The number of hydrogen-bond donors (Lipinski definition) is 0. The summed E-state index contributed by atoms with van der Waals surface area (Å²) in [5.41, 5.74) is 3.01. The van der Waals surface area contributed by atoms with E-state index < -0.39 is 0 Å². The van der Waals surface area contributed by atoms with Crippen LogP contribution in [0.1, 0.15) is 26.3 Å². The Bertz CT molecular complexity index is 366. The number of halogens is 1. The van der Waals surface area contributed by atoms with Gasteiger partial charge in [-0.3, -0.25) is 0 Å². The Morgan fingerprint density at radius 2 is 1.86 bits per heavy atom. The normalized spacial score (nSPS) is 16.9. The summed E-state index contributed by atoms with van der Waals surface area (Å²) in [6, 6.07) is 8.65. The van der Waals surface area contributed by atoms with Crippen LogP contribution in [-0.2, 0) is 5.41 Å². The van der Waals surface area contributed by atoms with Gasteiger partial charge in [-0.15, -0.1) is 0 Å². The van der Waals surface area contributed by atoms with Crippen LogP contribution in [0.25, 0.3) is 0 Å². The van der Waals surface area contributed by atoms with Gasteiger partial charge in [-0.1, -0.05) is 18.2 Å². The number of benzene rings is 1. The molecule has 0 saturated heterocycles. The predicted octanol–water partition coefficient (Wildman–Crippen LogP) is -0.283. The summed E-state index contributed by atoms with van der Waals surface area (Å²) < 4.78 is 2.33. The fourth-order valence-electron chi connectivity index (χ4n) is 2.06. The van der Waals surface area contributed by atoms with Crippen LogP contribution in [0.2, 0.25) is 0 Å². The van der Waals surface area contributed by atoms with Gasteiger partial charge in [-0.2, -0.15) is 0 Å². The Hall–Kier alpha value is -0.630. The van der Waals surface area contributed by atoms with Crippen LogP contribution >= 0.6 is 0 Å². The Morgan fingerprint density at radius 3 is 2.50 bits per heavy atom. The smallest absolute Gasteiger partial charge is 0.209 e. The largest absolute Gasteiger partial charge is 1.00 e. The van der Waals surface area contributed by atoms with Crippen molar-refractivity contribution < 1.29 is 21.6 Å². The lowest BCUT2D eigenvalue weighted by Gasteiger charge is -2.09. The van der Waals surface area contributed by atoms with Gasteiger partial charge in [0, 0.05) is 11.6 Å². The molecule has 1 heterocycles. The molecule has 1 aromatic carbocycles. The lowest BCUT2D eigenvalue weighted by molar-refractivity contribution is -0.428. The molecule has 0 aromatic heterocycles. The van der Waals surface area contributed by atoms with Crippen LogP contribution in [0.5, 0.6) is 0 Å². The van der Waals surface area contributed by atoms with E-state index in [0.717, 1.165) is 6.54 Å². The van der Waals surface area contributed by atoms with Gasteiger partial charge in [0.25, 0.3) is 0 Å². The minimum absolute atomic E-state index is 0. The summed E-state index contributed by atoms with van der Waals surface area (Å²) in [6.45, 7) is 7.78. The van der Waals surface area contributed by atoms with Crippen LogP contribution in [0.15, 0.2) is 24.3 Å². The van der Waals surface area contributed by atoms with Crippen molar-refractivity contribution in [1.82, 2.24) is 0 Å². The monoisotopic (exact) mass is 253 g/mol. The highest BCUT2D eigenvalue weighted by molar-refractivity contribution is 5.76. The minimum atomic E-state index is 0. The molecule has 14 heavy (non-hydrogen) atoms. The molecule has 0 saturated carbocycles. The van der Waals surface area contributed by atoms with Gasteiger partial charge in [0.2, 0.25) is 5.69 Å². The van der Waals surface area contributed by atoms with Crippen molar-refractivity contribution in [3.05, 3.63) is 29.8 Å². The lowest BCUT2D eigenvalue weighted by atomic mass is 9.87. The summed E-state index contributed by atoms with van der Waals surface area (Å²) >= 11 is 0. The van der Waals surface area contributed by atoms with Crippen molar-refractivity contribution in [3.63, 3.8) is 0 Å². The molecular weight excluding hydrogens is 238 g/mol. The molecule has 1 aromatic rings. The maximum Gasteiger partial charge on any atom is 0.209 e. The first-order valence-electron chi connectivity index (χ1n) is 4.87. The summed E-state index contributed by atoms with van der Waals surface area (Å²) in [5, 5.41) is 0. The maximum atomic E-state index is 2.33. The first-order valence-corrected chi connectivity index (χ1v) is 4.87. The number of fused-ring (bicyclic) bond motifs is 1. The molecule has 0 spiro atoms. The number of nitrogens with zero attached hydrogens (tertiary/aromatic N) is 1. The van der Waals surface area contributed by atoms with Gasteiger partial charge >= 0.3 is 0 Å². The van der Waals surface area contributed by atoms with E-state index in [9.17, 15) is 0 Å². The van der Waals surface area contributed by atoms with Crippen LogP contribution in [-0.4, -0.2) is 17.3 Å². The standard InChI is InChI=1S/C12H16N.BrH/c1-4-13-9-12(2,3)10-7-5-6-8-11(10)13;/h5-9H,4H2,1-3H3;1H/q+1;/p-1.